The Morgan fingerprint density at radius 1 is 0.473 bits per heavy atom. The number of nitrogens with two attached hydrogens (primary N) is 1. The van der Waals surface area contributed by atoms with Gasteiger partial charge in [0.05, 0.1) is 50.8 Å². The van der Waals surface area contributed by atoms with Crippen LogP contribution in [0.5, 0.6) is 0 Å². The highest BCUT2D eigenvalue weighted by Crippen LogP contribution is 2.22. The van der Waals surface area contributed by atoms with Gasteiger partial charge in [0, 0.05) is 123 Å². The quantitative estimate of drug-likeness (QED) is 0.0753. The number of likely N-dealkylation sites (tertiary alicyclic amines) is 3. The number of carbonyl (C=O) groups excluding carboxylic acids is 4. The van der Waals surface area contributed by atoms with Crippen molar-refractivity contribution in [3.8, 4) is 0 Å². The first kappa shape index (κ1) is 89.0. The molecule has 0 spiro atoms. The Labute approximate surface area is 562 Å². The van der Waals surface area contributed by atoms with E-state index in [4.69, 9.17) is 29.4 Å². The molecule has 16 nitrogen and oxygen atoms in total. The predicted molar refractivity (Wildman–Crippen MR) is 382 cm³/mol. The van der Waals surface area contributed by atoms with Gasteiger partial charge in [-0.25, -0.2) is 0 Å². The van der Waals surface area contributed by atoms with Crippen LogP contribution < -0.4 is 5.73 Å². The van der Waals surface area contributed by atoms with Crippen molar-refractivity contribution in [3.63, 3.8) is 0 Å². The fourth-order valence-corrected chi connectivity index (χ4v) is 11.2. The summed E-state index contributed by atoms with van der Waals surface area (Å²) in [5.41, 5.74) is 5.18. The Hall–Kier alpha value is -1.96. The van der Waals surface area contributed by atoms with Gasteiger partial charge in [-0.1, -0.05) is 102 Å². The summed E-state index contributed by atoms with van der Waals surface area (Å²) in [6.45, 7) is 59.0. The van der Waals surface area contributed by atoms with Gasteiger partial charge in [-0.3, -0.25) is 24.1 Å². The van der Waals surface area contributed by atoms with Crippen LogP contribution in [0.15, 0.2) is 0 Å². The predicted octanol–water partition coefficient (Wildman–Crippen LogP) is 13.4. The number of morpholine rings is 1. The van der Waals surface area contributed by atoms with Crippen LogP contribution in [0.3, 0.4) is 0 Å². The molecule has 0 aromatic rings. The average Bonchev–Trinajstić information content (AvgIpc) is 4.46. The lowest BCUT2D eigenvalue weighted by Crippen LogP contribution is -2.47. The molecule has 2 N–H and O–H groups in total. The largest absolute Gasteiger partial charge is 0.379 e. The van der Waals surface area contributed by atoms with Gasteiger partial charge in [0.15, 0.2) is 0 Å². The van der Waals surface area contributed by atoms with Crippen LogP contribution in [0.25, 0.3) is 0 Å². The molecule has 6 saturated heterocycles. The van der Waals surface area contributed by atoms with Gasteiger partial charge >= 0.3 is 0 Å². The first-order valence-corrected chi connectivity index (χ1v) is 37.4. The van der Waals surface area contributed by atoms with Gasteiger partial charge < -0.3 is 53.9 Å². The number of amides is 1. The minimum absolute atomic E-state index is 0.233. The molecule has 2 atom stereocenters. The van der Waals surface area contributed by atoms with Crippen molar-refractivity contribution in [1.29, 1.82) is 0 Å². The zero-order valence-electron chi connectivity index (χ0n) is 63.0. The van der Waals surface area contributed by atoms with Crippen LogP contribution in [0.2, 0.25) is 0 Å². The summed E-state index contributed by atoms with van der Waals surface area (Å²) in [6.07, 6.45) is 23.1. The number of nitrogens with zero attached hydrogens (tertiary/aromatic N) is 6. The van der Waals surface area contributed by atoms with E-state index in [0.29, 0.717) is 97.6 Å². The standard InChI is InChI=1S/C12H23NO.C11H22N2O.C10H18O2.C9H19NO2.C9H19NO.C9H18O.C8H17N.C7H15NO/c1-11(2)10-12(14)6-9-13-7-4-3-5-8-13;1-10(2)4-5-11(14)13-8-6-12(3)7-9-13;1-8(2)6-9(11)7-10-4-3-5-12-10;1-9(2)12-8-5-10-3-6-11-7-4-10;1-9(2)11-8-7-10-5-3-4-6-10;1-8(2)7-10-9-5-3-4-6-9;1-7(2)8(3)9-5-4-6-9;1-6(2)5-7(9)3-4-8/h11H,3-10H2,1-2H3;10H,4-9H2,1-3H3;8,10H,3-7H2,1-2H3;9H,3-8H2,1-2H3;9H,3-8H2,1-2H3;8-9H,3-7H2,1-2H3;7-8H,4-6H2,1-3H3;6H,3-5,8H2,1-2H3. The molecule has 540 valence electrons. The number of hydrogen-bond acceptors (Lipinski definition) is 15. The maximum Gasteiger partial charge on any atom is 0.222 e. The summed E-state index contributed by atoms with van der Waals surface area (Å²) in [5.74, 6) is 5.05. The third-order valence-electron chi connectivity index (χ3n) is 17.2. The van der Waals surface area contributed by atoms with E-state index in [9.17, 15) is 19.2 Å². The van der Waals surface area contributed by atoms with Gasteiger partial charge in [0.2, 0.25) is 5.91 Å². The zero-order chi connectivity index (χ0) is 68.4. The Kier molecular flexibility index (Phi) is 55.9. The summed E-state index contributed by atoms with van der Waals surface area (Å²) in [4.78, 5) is 59.4. The second-order valence-corrected chi connectivity index (χ2v) is 29.9. The fourth-order valence-electron chi connectivity index (χ4n) is 11.2. The molecule has 1 saturated carbocycles. The van der Waals surface area contributed by atoms with Gasteiger partial charge in [-0.15, -0.1) is 0 Å². The van der Waals surface area contributed by atoms with Gasteiger partial charge in [0.25, 0.3) is 0 Å². The Morgan fingerprint density at radius 3 is 1.37 bits per heavy atom. The number of likely N-dealkylation sites (N-methyl/N-ethyl adjacent to an activating group) is 1. The third kappa shape index (κ3) is 54.8. The summed E-state index contributed by atoms with van der Waals surface area (Å²) >= 11 is 0. The smallest absolute Gasteiger partial charge is 0.222 e. The number of ether oxygens (including phenoxy) is 5. The van der Waals surface area contributed by atoms with Crippen molar-refractivity contribution in [1.82, 2.24) is 29.4 Å². The molecule has 1 aliphatic carbocycles. The molecule has 16 heteroatoms. The normalized spacial score (nSPS) is 19.6. The van der Waals surface area contributed by atoms with Crippen molar-refractivity contribution in [2.45, 2.75) is 277 Å². The number of rotatable bonds is 29. The topological polar surface area (TPSA) is 160 Å². The maximum atomic E-state index is 11.7. The van der Waals surface area contributed by atoms with E-state index in [1.54, 1.807) is 0 Å². The molecule has 7 fully saturated rings. The third-order valence-corrected chi connectivity index (χ3v) is 17.2. The molecule has 0 radical (unpaired) electrons. The molecule has 7 aliphatic rings. The first-order valence-electron chi connectivity index (χ1n) is 37.4. The lowest BCUT2D eigenvalue weighted by Gasteiger charge is -2.38. The number of Topliss-reactive ketones (excluding diaryl/α,β-unsaturated/α-hetero) is 3. The van der Waals surface area contributed by atoms with Gasteiger partial charge in [-0.2, -0.15) is 0 Å². The molecule has 0 bridgehead atoms. The van der Waals surface area contributed by atoms with Gasteiger partial charge in [0.1, 0.15) is 17.3 Å². The number of piperazine rings is 1. The molecule has 7 rings (SSSR count). The highest BCUT2D eigenvalue weighted by Gasteiger charge is 2.23. The van der Waals surface area contributed by atoms with E-state index >= 15 is 0 Å². The zero-order valence-corrected chi connectivity index (χ0v) is 63.0. The molecule has 0 aromatic heterocycles. The summed E-state index contributed by atoms with van der Waals surface area (Å²) in [5, 5.41) is 0. The molecule has 1 amide bonds. The molecular formula is C75H151N7O9. The average molecular weight is 1300 g/mol. The molecule has 6 heterocycles. The van der Waals surface area contributed by atoms with Crippen molar-refractivity contribution < 1.29 is 42.9 Å². The van der Waals surface area contributed by atoms with E-state index in [0.717, 1.165) is 149 Å². The number of carbonyl (C=O) groups is 4. The van der Waals surface area contributed by atoms with Crippen LogP contribution in [0, 0.1) is 35.5 Å². The fraction of sp³-hybridized carbons (Fsp3) is 0.947. The molecule has 2 unspecified atom stereocenters. The van der Waals surface area contributed by atoms with E-state index < -0.39 is 0 Å². The summed E-state index contributed by atoms with van der Waals surface area (Å²) < 4.78 is 27.2. The van der Waals surface area contributed by atoms with Crippen LogP contribution in [-0.4, -0.2) is 235 Å². The highest BCUT2D eigenvalue weighted by molar-refractivity contribution is 5.79. The second kappa shape index (κ2) is 57.1. The van der Waals surface area contributed by atoms with Crippen molar-refractivity contribution in [2.75, 3.05) is 151 Å². The van der Waals surface area contributed by atoms with Crippen LogP contribution in [0.4, 0.5) is 0 Å². The molecule has 91 heavy (non-hydrogen) atoms. The van der Waals surface area contributed by atoms with E-state index in [-0.39, 0.29) is 11.9 Å². The monoisotopic (exact) mass is 1290 g/mol. The van der Waals surface area contributed by atoms with E-state index in [1.165, 1.54) is 103 Å². The van der Waals surface area contributed by atoms with Crippen molar-refractivity contribution in [3.05, 3.63) is 0 Å². The summed E-state index contributed by atoms with van der Waals surface area (Å²) in [7, 11) is 2.11. The minimum atomic E-state index is 0.233. The van der Waals surface area contributed by atoms with E-state index in [1.807, 2.05) is 18.7 Å². The lowest BCUT2D eigenvalue weighted by atomic mass is 10.0. The highest BCUT2D eigenvalue weighted by atomic mass is 16.5. The van der Waals surface area contributed by atoms with Crippen LogP contribution in [-0.2, 0) is 42.9 Å². The molecular weight excluding hydrogens is 1140 g/mol. The number of ketones is 3. The molecule has 6 aliphatic heterocycles. The minimum Gasteiger partial charge on any atom is -0.379 e. The van der Waals surface area contributed by atoms with Crippen molar-refractivity contribution >= 4 is 23.3 Å². The van der Waals surface area contributed by atoms with Crippen molar-refractivity contribution in [2.24, 2.45) is 41.2 Å². The van der Waals surface area contributed by atoms with Gasteiger partial charge in [-0.05, 0) is 187 Å². The number of piperidine rings is 1. The Bertz CT molecular complexity index is 1690. The lowest BCUT2D eigenvalue weighted by molar-refractivity contribution is -0.133. The molecule has 0 aromatic carbocycles. The van der Waals surface area contributed by atoms with Crippen LogP contribution in [0.1, 0.15) is 246 Å². The van der Waals surface area contributed by atoms with E-state index in [2.05, 4.69) is 135 Å². The number of hydrogen-bond donors (Lipinski definition) is 1. The SMILES string of the molecule is CC(C)C(C)N1CCC1.CC(C)CC(=O)CC1CCCO1.CC(C)CC(=O)CCN.CC(C)CC(=O)CCN1CCCCC1.CC(C)CCC(=O)N1CCN(C)CC1.CC(C)COC1CCCC1.CC(C)OCCN1CCCC1.CC(C)OCCN1CCOCC1. The van der Waals surface area contributed by atoms with Crippen LogP contribution >= 0.6 is 0 Å². The summed E-state index contributed by atoms with van der Waals surface area (Å²) in [6, 6.07) is 0.804. The Balaban J connectivity index is 0.00000102. The Morgan fingerprint density at radius 2 is 0.956 bits per heavy atom. The second-order valence-electron chi connectivity index (χ2n) is 29.9. The first-order chi connectivity index (χ1) is 43.2. The maximum absolute atomic E-state index is 11.7.